The predicted octanol–water partition coefficient (Wildman–Crippen LogP) is 5.42. The molecule has 0 spiro atoms. The van der Waals surface area contributed by atoms with Gasteiger partial charge in [0.05, 0.1) is 0 Å². The molecule has 1 aliphatic heterocycles. The van der Waals surface area contributed by atoms with Gasteiger partial charge in [-0.1, -0.05) is 42.5 Å². The molecule has 3 nitrogen and oxygen atoms in total. The van der Waals surface area contributed by atoms with E-state index in [0.717, 1.165) is 32.8 Å². The minimum atomic E-state index is -0.0851. The fourth-order valence-electron chi connectivity index (χ4n) is 3.62. The molecule has 1 N–H and O–H groups in total. The SMILES string of the molecule is O=c1ccc2c(-c3ccccc3)c3c(ccc4c(O)cccc43)oc-2c1. The zero-order chi connectivity index (χ0) is 17.7. The summed E-state index contributed by atoms with van der Waals surface area (Å²) >= 11 is 0. The maximum absolute atomic E-state index is 11.8. The first-order chi connectivity index (χ1) is 12.7. The number of phenols is 1. The standard InChI is InChI=1S/C23H14O3/c24-15-9-10-18-21(13-15)26-20-12-11-16-17(7-4-8-19(16)25)23(20)22(18)14-5-2-1-3-6-14/h1-13,25H. The molecule has 1 heterocycles. The van der Waals surface area contributed by atoms with Crippen LogP contribution in [0.2, 0.25) is 0 Å². The van der Waals surface area contributed by atoms with E-state index in [9.17, 15) is 9.90 Å². The van der Waals surface area contributed by atoms with E-state index < -0.39 is 0 Å². The summed E-state index contributed by atoms with van der Waals surface area (Å²) in [4.78, 5) is 11.8. The van der Waals surface area contributed by atoms with Crippen molar-refractivity contribution in [1.82, 2.24) is 0 Å². The first-order valence-corrected chi connectivity index (χ1v) is 8.39. The lowest BCUT2D eigenvalue weighted by atomic mass is 9.91. The van der Waals surface area contributed by atoms with Crippen LogP contribution in [0.5, 0.6) is 5.75 Å². The molecule has 0 fully saturated rings. The Morgan fingerprint density at radius 1 is 0.769 bits per heavy atom. The fourth-order valence-corrected chi connectivity index (χ4v) is 3.62. The topological polar surface area (TPSA) is 50.4 Å². The van der Waals surface area contributed by atoms with E-state index in [0.29, 0.717) is 11.3 Å². The smallest absolute Gasteiger partial charge is 0.182 e. The molecule has 0 amide bonds. The third kappa shape index (κ3) is 2.11. The molecule has 0 bridgehead atoms. The lowest BCUT2D eigenvalue weighted by molar-refractivity contribution is 0.481. The van der Waals surface area contributed by atoms with Gasteiger partial charge < -0.3 is 9.52 Å². The number of hydrogen-bond donors (Lipinski definition) is 1. The van der Waals surface area contributed by atoms with E-state index in [-0.39, 0.29) is 11.2 Å². The molecule has 1 aliphatic carbocycles. The first-order valence-electron chi connectivity index (χ1n) is 8.39. The van der Waals surface area contributed by atoms with Crippen molar-refractivity contribution >= 4 is 21.7 Å². The van der Waals surface area contributed by atoms with Crippen LogP contribution in [-0.4, -0.2) is 5.11 Å². The highest BCUT2D eigenvalue weighted by Gasteiger charge is 2.19. The molecular formula is C23H14O3. The van der Waals surface area contributed by atoms with E-state index in [1.54, 1.807) is 12.1 Å². The summed E-state index contributed by atoms with van der Waals surface area (Å²) in [5, 5.41) is 12.9. The van der Waals surface area contributed by atoms with Gasteiger partial charge in [0.2, 0.25) is 0 Å². The van der Waals surface area contributed by atoms with Crippen LogP contribution in [0.25, 0.3) is 44.2 Å². The second-order valence-corrected chi connectivity index (χ2v) is 6.31. The normalized spacial score (nSPS) is 11.4. The number of aromatic hydroxyl groups is 1. The van der Waals surface area contributed by atoms with Gasteiger partial charge in [0.15, 0.2) is 5.43 Å². The molecule has 3 aromatic rings. The Morgan fingerprint density at radius 3 is 2.46 bits per heavy atom. The van der Waals surface area contributed by atoms with Crippen LogP contribution < -0.4 is 5.43 Å². The highest BCUT2D eigenvalue weighted by Crippen LogP contribution is 2.43. The molecule has 5 rings (SSSR count). The average molecular weight is 338 g/mol. The lowest BCUT2D eigenvalue weighted by Gasteiger charge is -2.16. The van der Waals surface area contributed by atoms with Gasteiger partial charge >= 0.3 is 0 Å². The molecule has 26 heavy (non-hydrogen) atoms. The molecule has 0 unspecified atom stereocenters. The molecule has 3 aromatic carbocycles. The Hall–Kier alpha value is -3.59. The van der Waals surface area contributed by atoms with Gasteiger partial charge in [0.1, 0.15) is 17.1 Å². The second kappa shape index (κ2) is 5.46. The molecule has 3 heteroatoms. The van der Waals surface area contributed by atoms with E-state index >= 15 is 0 Å². The number of benzene rings is 4. The molecule has 124 valence electrons. The lowest BCUT2D eigenvalue weighted by Crippen LogP contribution is -1.99. The Morgan fingerprint density at radius 2 is 1.62 bits per heavy atom. The van der Waals surface area contributed by atoms with Gasteiger partial charge in [0.25, 0.3) is 0 Å². The molecule has 0 saturated heterocycles. The third-order valence-corrected chi connectivity index (χ3v) is 4.76. The van der Waals surface area contributed by atoms with Crippen molar-refractivity contribution < 1.29 is 9.52 Å². The highest BCUT2D eigenvalue weighted by atomic mass is 16.3. The van der Waals surface area contributed by atoms with Crippen LogP contribution in [0.3, 0.4) is 0 Å². The zero-order valence-corrected chi connectivity index (χ0v) is 13.8. The molecule has 2 aliphatic rings. The van der Waals surface area contributed by atoms with E-state index in [2.05, 4.69) is 0 Å². The van der Waals surface area contributed by atoms with Crippen LogP contribution in [-0.2, 0) is 0 Å². The summed E-state index contributed by atoms with van der Waals surface area (Å²) in [6.45, 7) is 0. The number of fused-ring (bicyclic) bond motifs is 4. The summed E-state index contributed by atoms with van der Waals surface area (Å²) < 4.78 is 6.06. The quantitative estimate of drug-likeness (QED) is 0.328. The Bertz CT molecular complexity index is 1300. The van der Waals surface area contributed by atoms with Crippen LogP contribution in [0, 0.1) is 0 Å². The van der Waals surface area contributed by atoms with Crippen LogP contribution in [0.15, 0.2) is 88.1 Å². The van der Waals surface area contributed by atoms with Gasteiger partial charge in [-0.25, -0.2) is 0 Å². The molecular weight excluding hydrogens is 324 g/mol. The number of rotatable bonds is 1. The van der Waals surface area contributed by atoms with Crippen molar-refractivity contribution in [3.63, 3.8) is 0 Å². The van der Waals surface area contributed by atoms with Crippen molar-refractivity contribution in [2.45, 2.75) is 0 Å². The molecule has 0 atom stereocenters. The summed E-state index contributed by atoms with van der Waals surface area (Å²) in [7, 11) is 0. The monoisotopic (exact) mass is 338 g/mol. The first kappa shape index (κ1) is 14.7. The van der Waals surface area contributed by atoms with Gasteiger partial charge in [0, 0.05) is 28.0 Å². The summed E-state index contributed by atoms with van der Waals surface area (Å²) in [5.74, 6) is 0.793. The van der Waals surface area contributed by atoms with Gasteiger partial charge in [-0.3, -0.25) is 4.79 Å². The van der Waals surface area contributed by atoms with Crippen LogP contribution >= 0.6 is 0 Å². The third-order valence-electron chi connectivity index (χ3n) is 4.76. The Kier molecular flexibility index (Phi) is 3.09. The Labute approximate surface area is 149 Å². The largest absolute Gasteiger partial charge is 0.507 e. The molecule has 0 saturated carbocycles. The number of hydrogen-bond acceptors (Lipinski definition) is 3. The van der Waals surface area contributed by atoms with Crippen LogP contribution in [0.1, 0.15) is 0 Å². The molecule has 0 radical (unpaired) electrons. The molecule has 0 aromatic heterocycles. The van der Waals surface area contributed by atoms with Gasteiger partial charge in [-0.05, 0) is 41.3 Å². The van der Waals surface area contributed by atoms with Gasteiger partial charge in [-0.2, -0.15) is 0 Å². The maximum Gasteiger partial charge on any atom is 0.182 e. The fraction of sp³-hybridized carbons (Fsp3) is 0. The average Bonchev–Trinajstić information content (AvgIpc) is 2.67. The van der Waals surface area contributed by atoms with Crippen molar-refractivity contribution in [2.24, 2.45) is 0 Å². The van der Waals surface area contributed by atoms with E-state index in [4.69, 9.17) is 4.42 Å². The maximum atomic E-state index is 11.8. The minimum absolute atomic E-state index is 0.0851. The summed E-state index contributed by atoms with van der Waals surface area (Å²) in [5.41, 5.74) is 3.50. The van der Waals surface area contributed by atoms with Crippen molar-refractivity contribution in [2.75, 3.05) is 0 Å². The number of phenolic OH excluding ortho intramolecular Hbond substituents is 1. The predicted molar refractivity (Wildman–Crippen MR) is 104 cm³/mol. The Balaban J connectivity index is 2.09. The van der Waals surface area contributed by atoms with Crippen molar-refractivity contribution in [3.8, 4) is 28.2 Å². The summed E-state index contributed by atoms with van der Waals surface area (Å²) in [6.07, 6.45) is 0. The zero-order valence-electron chi connectivity index (χ0n) is 13.8. The summed E-state index contributed by atoms with van der Waals surface area (Å²) in [6, 6.07) is 24.1. The van der Waals surface area contributed by atoms with Gasteiger partial charge in [-0.15, -0.1) is 0 Å². The van der Waals surface area contributed by atoms with E-state index in [1.807, 2.05) is 60.7 Å². The highest BCUT2D eigenvalue weighted by molar-refractivity contribution is 6.16. The van der Waals surface area contributed by atoms with E-state index in [1.165, 1.54) is 6.07 Å². The van der Waals surface area contributed by atoms with Crippen molar-refractivity contribution in [3.05, 3.63) is 89.1 Å². The van der Waals surface area contributed by atoms with Crippen molar-refractivity contribution in [1.29, 1.82) is 0 Å². The second-order valence-electron chi connectivity index (χ2n) is 6.31. The van der Waals surface area contributed by atoms with Crippen LogP contribution in [0.4, 0.5) is 0 Å². The minimum Gasteiger partial charge on any atom is -0.507 e.